The minimum atomic E-state index is -5.12. The van der Waals surface area contributed by atoms with Gasteiger partial charge in [-0.3, -0.25) is 14.2 Å². The molecule has 0 saturated carbocycles. The number of aromatic nitrogens is 3. The molecule has 0 aliphatic carbocycles. The summed E-state index contributed by atoms with van der Waals surface area (Å²) in [5.74, 6) is -2.33. The number of hydrogen-bond donors (Lipinski definition) is 1. The Labute approximate surface area is 189 Å². The number of amides is 1. The van der Waals surface area contributed by atoms with E-state index in [4.69, 9.17) is 23.2 Å². The summed E-state index contributed by atoms with van der Waals surface area (Å²) in [4.78, 5) is 35.6. The largest absolute Gasteiger partial charge is 0.438 e. The van der Waals surface area contributed by atoms with Crippen LogP contribution in [0.15, 0.2) is 36.5 Å². The van der Waals surface area contributed by atoms with E-state index in [0.29, 0.717) is 5.82 Å². The lowest BCUT2D eigenvalue weighted by Gasteiger charge is -2.41. The van der Waals surface area contributed by atoms with E-state index in [2.05, 4.69) is 9.97 Å². The number of hydrogen-bond acceptors (Lipinski definition) is 5. The van der Waals surface area contributed by atoms with Crippen molar-refractivity contribution in [3.8, 4) is 0 Å². The van der Waals surface area contributed by atoms with Crippen LogP contribution < -0.4 is 10.2 Å². The highest BCUT2D eigenvalue weighted by Gasteiger charge is 2.67. The summed E-state index contributed by atoms with van der Waals surface area (Å²) in [5, 5.41) is 2.14. The summed E-state index contributed by atoms with van der Waals surface area (Å²) in [5.41, 5.74) is -3.16. The molecule has 7 nitrogen and oxygen atoms in total. The smallest absolute Gasteiger partial charge is 0.355 e. The Bertz CT molecular complexity index is 1260. The van der Waals surface area contributed by atoms with E-state index >= 15 is 0 Å². The highest BCUT2D eigenvalue weighted by molar-refractivity contribution is 6.42. The van der Waals surface area contributed by atoms with Gasteiger partial charge in [-0.05, 0) is 24.3 Å². The van der Waals surface area contributed by atoms with Gasteiger partial charge in [0.25, 0.3) is 5.66 Å². The number of carbonyl (C=O) groups is 2. The molecule has 2 aliphatic heterocycles. The summed E-state index contributed by atoms with van der Waals surface area (Å²) in [6, 6.07) is 7.79. The molecule has 1 aromatic carbocycles. The number of alkyl halides is 3. The second kappa shape index (κ2) is 7.08. The van der Waals surface area contributed by atoms with Crippen LogP contribution >= 0.6 is 23.2 Å². The average molecular weight is 484 g/mol. The molecule has 32 heavy (non-hydrogen) atoms. The lowest BCUT2D eigenvalue weighted by molar-refractivity contribution is -0.219. The van der Waals surface area contributed by atoms with Crippen LogP contribution in [0.25, 0.3) is 11.0 Å². The lowest BCUT2D eigenvalue weighted by Crippen LogP contribution is -2.66. The predicted molar refractivity (Wildman–Crippen MR) is 111 cm³/mol. The average Bonchev–Trinajstić information content (AvgIpc) is 3.15. The second-order valence-electron chi connectivity index (χ2n) is 7.71. The first-order chi connectivity index (χ1) is 15.1. The third-order valence-electron chi connectivity index (χ3n) is 5.76. The Hall–Kier alpha value is -2.85. The fraction of sp³-hybridized carbons (Fsp3) is 0.300. The maximum absolute atomic E-state index is 14.5. The monoisotopic (exact) mass is 483 g/mol. The molecule has 1 unspecified atom stereocenters. The van der Waals surface area contributed by atoms with E-state index in [0.717, 1.165) is 4.57 Å². The second-order valence-corrected chi connectivity index (χ2v) is 8.52. The Kier molecular flexibility index (Phi) is 4.65. The van der Waals surface area contributed by atoms with Crippen molar-refractivity contribution in [1.29, 1.82) is 0 Å². The zero-order valence-corrected chi connectivity index (χ0v) is 17.7. The third kappa shape index (κ3) is 2.96. The van der Waals surface area contributed by atoms with Crippen LogP contribution in [-0.4, -0.2) is 45.5 Å². The number of imidazole rings is 1. The number of carbonyl (C=O) groups excluding carboxylic acids is 2. The third-order valence-corrected chi connectivity index (χ3v) is 6.49. The van der Waals surface area contributed by atoms with Gasteiger partial charge in [0.05, 0.1) is 33.4 Å². The van der Waals surface area contributed by atoms with Crippen molar-refractivity contribution in [2.75, 3.05) is 18.0 Å². The lowest BCUT2D eigenvalue weighted by atomic mass is 9.96. The number of pyridine rings is 1. The molecule has 1 amide bonds. The fourth-order valence-electron chi connectivity index (χ4n) is 4.15. The van der Waals surface area contributed by atoms with E-state index in [1.54, 1.807) is 29.3 Å². The first-order valence-electron chi connectivity index (χ1n) is 9.56. The molecule has 2 aliphatic rings. The van der Waals surface area contributed by atoms with Gasteiger partial charge < -0.3 is 10.2 Å². The summed E-state index contributed by atoms with van der Waals surface area (Å²) in [7, 11) is 0. The van der Waals surface area contributed by atoms with Gasteiger partial charge in [0.2, 0.25) is 5.91 Å². The van der Waals surface area contributed by atoms with Gasteiger partial charge >= 0.3 is 6.18 Å². The van der Waals surface area contributed by atoms with Crippen LogP contribution in [0, 0.1) is 5.92 Å². The number of fused-ring (bicyclic) bond motifs is 3. The molecule has 0 spiro atoms. The molecule has 1 fully saturated rings. The van der Waals surface area contributed by atoms with Crippen molar-refractivity contribution < 1.29 is 22.8 Å². The van der Waals surface area contributed by atoms with Crippen molar-refractivity contribution in [3.63, 3.8) is 0 Å². The van der Waals surface area contributed by atoms with E-state index in [1.165, 1.54) is 12.1 Å². The maximum Gasteiger partial charge on any atom is 0.438 e. The van der Waals surface area contributed by atoms with Gasteiger partial charge in [-0.25, -0.2) is 9.97 Å². The topological polar surface area (TPSA) is 80.1 Å². The number of anilines is 1. The zero-order valence-electron chi connectivity index (χ0n) is 16.2. The molecular formula is C20H14Cl2F3N5O2. The number of Topliss-reactive ketones (excluding diaryl/α,β-unsaturated/α-hetero) is 1. The van der Waals surface area contributed by atoms with Crippen molar-refractivity contribution in [2.45, 2.75) is 18.3 Å². The molecule has 1 N–H and O–H groups in total. The van der Waals surface area contributed by atoms with E-state index < -0.39 is 35.9 Å². The van der Waals surface area contributed by atoms with E-state index in [-0.39, 0.29) is 40.0 Å². The highest BCUT2D eigenvalue weighted by Crippen LogP contribution is 2.44. The van der Waals surface area contributed by atoms with Gasteiger partial charge in [-0.15, -0.1) is 0 Å². The minimum absolute atomic E-state index is 0.00797. The molecule has 12 heteroatoms. The fourth-order valence-corrected chi connectivity index (χ4v) is 4.46. The van der Waals surface area contributed by atoms with Gasteiger partial charge in [-0.2, -0.15) is 13.2 Å². The van der Waals surface area contributed by atoms with Gasteiger partial charge in [-0.1, -0.05) is 29.3 Å². The molecule has 1 saturated heterocycles. The van der Waals surface area contributed by atoms with Crippen molar-refractivity contribution >= 4 is 51.7 Å². The molecule has 4 heterocycles. The summed E-state index contributed by atoms with van der Waals surface area (Å²) < 4.78 is 44.1. The Morgan fingerprint density at radius 1 is 1.19 bits per heavy atom. The number of benzene rings is 1. The standard InChI is InChI=1S/C20H14Cl2F3N5O2/c21-11-5-13-14(6-12(11)22)30-17(27-13)7-15(31)19(30,20(23,24)25)28-18(32)10-8-29(9-10)16-3-1-2-4-26-16/h1-6,10H,7-9H2,(H,28,32). The Morgan fingerprint density at radius 3 is 2.56 bits per heavy atom. The van der Waals surface area contributed by atoms with Crippen LogP contribution in [-0.2, 0) is 21.7 Å². The summed E-state index contributed by atoms with van der Waals surface area (Å²) >= 11 is 12.0. The highest BCUT2D eigenvalue weighted by atomic mass is 35.5. The SMILES string of the molecule is O=C(NC1(C(F)(F)F)C(=O)Cc2nc3cc(Cl)c(Cl)cc3n21)C1CN(c2ccccn2)C1. The predicted octanol–water partition coefficient (Wildman–Crippen LogP) is 3.33. The number of nitrogens with one attached hydrogen (secondary N) is 1. The van der Waals surface area contributed by atoms with Crippen molar-refractivity contribution in [1.82, 2.24) is 19.9 Å². The summed E-state index contributed by atoms with van der Waals surface area (Å²) in [6.45, 7) is 0.369. The number of nitrogens with zero attached hydrogens (tertiary/aromatic N) is 4. The number of halogens is 5. The Morgan fingerprint density at radius 2 is 1.91 bits per heavy atom. The Balaban J connectivity index is 1.50. The zero-order chi connectivity index (χ0) is 22.8. The van der Waals surface area contributed by atoms with Gasteiger partial charge in [0.1, 0.15) is 11.6 Å². The van der Waals surface area contributed by atoms with Crippen LogP contribution in [0.2, 0.25) is 10.0 Å². The maximum atomic E-state index is 14.5. The van der Waals surface area contributed by atoms with E-state index in [9.17, 15) is 22.8 Å². The molecule has 5 rings (SSSR count). The molecule has 0 radical (unpaired) electrons. The first-order valence-corrected chi connectivity index (χ1v) is 10.3. The van der Waals surface area contributed by atoms with Crippen molar-refractivity contribution in [2.24, 2.45) is 5.92 Å². The molecule has 1 atom stereocenters. The first kappa shape index (κ1) is 21.0. The van der Waals surface area contributed by atoms with Crippen molar-refractivity contribution in [3.05, 3.63) is 52.4 Å². The van der Waals surface area contributed by atoms with Gasteiger partial charge in [0.15, 0.2) is 5.78 Å². The number of ketones is 1. The van der Waals surface area contributed by atoms with Crippen LogP contribution in [0.4, 0.5) is 19.0 Å². The van der Waals surface area contributed by atoms with Crippen LogP contribution in [0.5, 0.6) is 0 Å². The molecule has 2 aromatic heterocycles. The minimum Gasteiger partial charge on any atom is -0.355 e. The van der Waals surface area contributed by atoms with Crippen LogP contribution in [0.3, 0.4) is 0 Å². The quantitative estimate of drug-likeness (QED) is 0.617. The van der Waals surface area contributed by atoms with Gasteiger partial charge in [0, 0.05) is 19.3 Å². The molecular weight excluding hydrogens is 470 g/mol. The normalized spacial score (nSPS) is 21.0. The number of rotatable bonds is 3. The molecule has 3 aromatic rings. The molecule has 166 valence electrons. The summed E-state index contributed by atoms with van der Waals surface area (Å²) in [6.07, 6.45) is -4.12. The molecule has 0 bridgehead atoms. The van der Waals surface area contributed by atoms with Crippen LogP contribution in [0.1, 0.15) is 5.82 Å². The van der Waals surface area contributed by atoms with E-state index in [1.807, 2.05) is 5.32 Å².